The average molecular weight is 585 g/mol. The van der Waals surface area contributed by atoms with Crippen LogP contribution in [0.1, 0.15) is 128 Å². The van der Waals surface area contributed by atoms with Crippen molar-refractivity contribution in [2.24, 2.45) is 53.3 Å². The van der Waals surface area contributed by atoms with Gasteiger partial charge in [-0.3, -0.25) is 4.79 Å². The molecule has 0 spiro atoms. The van der Waals surface area contributed by atoms with Gasteiger partial charge < -0.3 is 18.9 Å². The van der Waals surface area contributed by atoms with Crippen molar-refractivity contribution in [3.05, 3.63) is 0 Å². The van der Waals surface area contributed by atoms with Crippen LogP contribution in [0.25, 0.3) is 0 Å². The van der Waals surface area contributed by atoms with Crippen LogP contribution in [0.4, 0.5) is 0 Å². The Kier molecular flexibility index (Phi) is 9.85. The maximum Gasteiger partial charge on any atom is 0.309 e. The molecule has 1 heterocycles. The summed E-state index contributed by atoms with van der Waals surface area (Å²) in [5.41, 5.74) is 0. The Bertz CT molecular complexity index is 833. The first-order chi connectivity index (χ1) is 20.7. The van der Waals surface area contributed by atoms with Crippen molar-refractivity contribution in [2.45, 2.75) is 153 Å². The fraction of sp³-hybridized carbons (Fsp3) is 0.973. The SMILES string of the molecule is COC1CCC(C2CCC(C(=O)OC3COC4CCC5CCCCC5C4C4C(CCC5CCCCC54)OC3)CC2)CC1. The summed E-state index contributed by atoms with van der Waals surface area (Å²) in [4.78, 5) is 13.5. The molecule has 0 aromatic carbocycles. The van der Waals surface area contributed by atoms with Gasteiger partial charge in [-0.25, -0.2) is 0 Å². The maximum atomic E-state index is 13.5. The van der Waals surface area contributed by atoms with Crippen LogP contribution < -0.4 is 0 Å². The Balaban J connectivity index is 0.995. The largest absolute Gasteiger partial charge is 0.457 e. The molecule has 0 amide bonds. The lowest BCUT2D eigenvalue weighted by molar-refractivity contribution is -0.165. The second kappa shape index (κ2) is 13.8. The third kappa shape index (κ3) is 6.37. The van der Waals surface area contributed by atoms with E-state index in [0.717, 1.165) is 48.3 Å². The van der Waals surface area contributed by atoms with E-state index < -0.39 is 0 Å². The molecule has 238 valence electrons. The fourth-order valence-electron chi connectivity index (χ4n) is 11.8. The molecule has 7 aliphatic rings. The maximum absolute atomic E-state index is 13.5. The molecule has 0 aromatic heterocycles. The Morgan fingerprint density at radius 1 is 0.524 bits per heavy atom. The van der Waals surface area contributed by atoms with E-state index in [1.54, 1.807) is 0 Å². The van der Waals surface area contributed by atoms with Gasteiger partial charge in [0, 0.05) is 7.11 Å². The second-order valence-corrected chi connectivity index (χ2v) is 15.9. The molecule has 1 saturated heterocycles. The van der Waals surface area contributed by atoms with Crippen molar-refractivity contribution in [2.75, 3.05) is 20.3 Å². The molecule has 42 heavy (non-hydrogen) atoms. The van der Waals surface area contributed by atoms with Gasteiger partial charge in [-0.05, 0) is 137 Å². The van der Waals surface area contributed by atoms with Gasteiger partial charge in [-0.15, -0.1) is 0 Å². The Morgan fingerprint density at radius 2 is 1.00 bits per heavy atom. The van der Waals surface area contributed by atoms with Gasteiger partial charge >= 0.3 is 5.97 Å². The molecule has 0 bridgehead atoms. The Labute approximate surface area is 255 Å². The number of hydrogen-bond donors (Lipinski definition) is 0. The van der Waals surface area contributed by atoms with E-state index in [1.165, 1.54) is 116 Å². The van der Waals surface area contributed by atoms with E-state index in [-0.39, 0.29) is 18.0 Å². The average Bonchev–Trinajstić information content (AvgIpc) is 3.13. The summed E-state index contributed by atoms with van der Waals surface area (Å²) >= 11 is 0. The highest BCUT2D eigenvalue weighted by Crippen LogP contribution is 2.56. The van der Waals surface area contributed by atoms with E-state index in [4.69, 9.17) is 18.9 Å². The smallest absolute Gasteiger partial charge is 0.309 e. The summed E-state index contributed by atoms with van der Waals surface area (Å²) in [7, 11) is 1.86. The van der Waals surface area contributed by atoms with Gasteiger partial charge in [-0.2, -0.15) is 0 Å². The molecule has 8 unspecified atom stereocenters. The minimum atomic E-state index is -0.257. The predicted octanol–water partition coefficient (Wildman–Crippen LogP) is 8.13. The first kappa shape index (κ1) is 30.0. The summed E-state index contributed by atoms with van der Waals surface area (Å²) in [6.07, 6.45) is 26.5. The number of methoxy groups -OCH3 is 1. The molecule has 5 heteroatoms. The number of ether oxygens (including phenoxy) is 4. The molecule has 0 N–H and O–H groups in total. The van der Waals surface area contributed by atoms with Crippen LogP contribution in [-0.4, -0.2) is 50.7 Å². The summed E-state index contributed by atoms with van der Waals surface area (Å²) < 4.78 is 25.7. The van der Waals surface area contributed by atoms with Gasteiger partial charge in [0.25, 0.3) is 0 Å². The zero-order valence-corrected chi connectivity index (χ0v) is 26.6. The third-order valence-corrected chi connectivity index (χ3v) is 14.0. The molecular formula is C37H60O5. The molecule has 1 aliphatic heterocycles. The highest BCUT2D eigenvalue weighted by molar-refractivity contribution is 5.72. The van der Waals surface area contributed by atoms with Crippen LogP contribution in [0.3, 0.4) is 0 Å². The summed E-state index contributed by atoms with van der Waals surface area (Å²) in [5, 5.41) is 0. The second-order valence-electron chi connectivity index (χ2n) is 15.9. The van der Waals surface area contributed by atoms with Crippen LogP contribution >= 0.6 is 0 Å². The molecule has 0 radical (unpaired) electrons. The number of carbonyl (C=O) groups is 1. The monoisotopic (exact) mass is 584 g/mol. The van der Waals surface area contributed by atoms with Gasteiger partial charge in [0.05, 0.1) is 37.4 Å². The number of hydrogen-bond acceptors (Lipinski definition) is 5. The third-order valence-electron chi connectivity index (χ3n) is 14.0. The Hall–Kier alpha value is -0.650. The van der Waals surface area contributed by atoms with Gasteiger partial charge in [-0.1, -0.05) is 38.5 Å². The van der Waals surface area contributed by atoms with Crippen LogP contribution in [0.2, 0.25) is 0 Å². The summed E-state index contributed by atoms with van der Waals surface area (Å²) in [6, 6.07) is 0. The molecule has 5 nitrogen and oxygen atoms in total. The van der Waals surface area contributed by atoms with E-state index in [2.05, 4.69) is 0 Å². The molecule has 7 rings (SSSR count). The van der Waals surface area contributed by atoms with Crippen LogP contribution in [0.5, 0.6) is 0 Å². The van der Waals surface area contributed by atoms with E-state index in [0.29, 0.717) is 43.4 Å². The molecule has 0 aromatic rings. The van der Waals surface area contributed by atoms with Crippen LogP contribution in [0.15, 0.2) is 0 Å². The number of fused-ring (bicyclic) bond motifs is 7. The van der Waals surface area contributed by atoms with E-state index in [9.17, 15) is 4.79 Å². The number of rotatable bonds is 4. The van der Waals surface area contributed by atoms with Gasteiger partial charge in [0.1, 0.15) is 6.10 Å². The highest BCUT2D eigenvalue weighted by atomic mass is 16.6. The van der Waals surface area contributed by atoms with Crippen molar-refractivity contribution in [1.82, 2.24) is 0 Å². The molecule has 6 saturated carbocycles. The van der Waals surface area contributed by atoms with Crippen molar-refractivity contribution in [3.8, 4) is 0 Å². The van der Waals surface area contributed by atoms with E-state index in [1.807, 2.05) is 7.11 Å². The minimum absolute atomic E-state index is 0.0214. The molecule has 6 aliphatic carbocycles. The molecular weight excluding hydrogens is 524 g/mol. The fourth-order valence-corrected chi connectivity index (χ4v) is 11.8. The quantitative estimate of drug-likeness (QED) is 0.312. The molecule has 8 atom stereocenters. The standard InChI is InChI=1S/C37H60O5/c1-39-29-18-14-25(15-19-29)24-10-12-28(13-11-24)37(38)42-30-22-40-33-20-16-26-6-2-4-8-31(26)35(33)36-32-9-5-3-7-27(32)17-21-34(36)41-23-30/h24-36H,2-23H2,1H3. The van der Waals surface area contributed by atoms with Crippen molar-refractivity contribution >= 4 is 5.97 Å². The normalized spacial score (nSPS) is 48.2. The zero-order valence-electron chi connectivity index (χ0n) is 26.6. The summed E-state index contributed by atoms with van der Waals surface area (Å²) in [6.45, 7) is 1.05. The highest BCUT2D eigenvalue weighted by Gasteiger charge is 2.53. The van der Waals surface area contributed by atoms with Crippen LogP contribution in [-0.2, 0) is 23.7 Å². The number of carbonyl (C=O) groups excluding carboxylic acids is 1. The lowest BCUT2D eigenvalue weighted by atomic mass is 9.53. The van der Waals surface area contributed by atoms with Crippen molar-refractivity contribution in [3.63, 3.8) is 0 Å². The first-order valence-electron chi connectivity index (χ1n) is 18.6. The summed E-state index contributed by atoms with van der Waals surface area (Å²) in [5.74, 6) is 6.38. The predicted molar refractivity (Wildman–Crippen MR) is 164 cm³/mol. The van der Waals surface area contributed by atoms with Gasteiger partial charge in [0.2, 0.25) is 0 Å². The van der Waals surface area contributed by atoms with Gasteiger partial charge in [0.15, 0.2) is 0 Å². The minimum Gasteiger partial charge on any atom is -0.457 e. The van der Waals surface area contributed by atoms with Crippen molar-refractivity contribution < 1.29 is 23.7 Å². The van der Waals surface area contributed by atoms with Crippen molar-refractivity contribution in [1.29, 1.82) is 0 Å². The zero-order chi connectivity index (χ0) is 28.5. The van der Waals surface area contributed by atoms with E-state index >= 15 is 0 Å². The van der Waals surface area contributed by atoms with Crippen LogP contribution in [0, 0.1) is 53.3 Å². The molecule has 7 fully saturated rings. The first-order valence-corrected chi connectivity index (χ1v) is 18.6. The lowest BCUT2D eigenvalue weighted by Crippen LogP contribution is -2.53. The number of esters is 1. The lowest BCUT2D eigenvalue weighted by Gasteiger charge is -2.55. The Morgan fingerprint density at radius 3 is 1.52 bits per heavy atom. The topological polar surface area (TPSA) is 54.0 Å².